The fraction of sp³-hybridized carbons (Fsp3) is 0.0938. The van der Waals surface area contributed by atoms with Gasteiger partial charge in [-0.2, -0.15) is 9.78 Å². The van der Waals surface area contributed by atoms with E-state index in [0.717, 1.165) is 27.9 Å². The summed E-state index contributed by atoms with van der Waals surface area (Å²) in [5, 5.41) is 7.72. The van der Waals surface area contributed by atoms with Crippen LogP contribution in [0.2, 0.25) is 0 Å². The maximum atomic E-state index is 13.2. The molecule has 4 aromatic carbocycles. The molecule has 0 aliphatic carbocycles. The Morgan fingerprint density at radius 2 is 1.33 bits per heavy atom. The summed E-state index contributed by atoms with van der Waals surface area (Å²) in [5.41, 5.74) is 6.77. The minimum atomic E-state index is -0.469. The van der Waals surface area contributed by atoms with Crippen molar-refractivity contribution in [3.63, 3.8) is 0 Å². The SMILES string of the molecule is CC(=O)Oc1c(-c2ccc(NC(=O)c3ccc(F)cc3)cc2)c(-c2ccc(C)cc2)nn1-c1ccc(C)cc1. The molecule has 1 aromatic heterocycles. The zero-order valence-electron chi connectivity index (χ0n) is 21.7. The van der Waals surface area contributed by atoms with Crippen LogP contribution in [0.5, 0.6) is 5.88 Å². The summed E-state index contributed by atoms with van der Waals surface area (Å²) in [4.78, 5) is 24.8. The van der Waals surface area contributed by atoms with Crippen molar-refractivity contribution in [2.75, 3.05) is 5.32 Å². The average molecular weight is 520 g/mol. The number of rotatable bonds is 6. The molecule has 1 heterocycles. The number of hydrogen-bond acceptors (Lipinski definition) is 4. The zero-order chi connectivity index (χ0) is 27.5. The molecule has 0 saturated heterocycles. The molecule has 0 unspecified atom stereocenters. The smallest absolute Gasteiger partial charge is 0.309 e. The molecule has 0 spiro atoms. The molecule has 1 N–H and O–H groups in total. The van der Waals surface area contributed by atoms with Crippen LogP contribution >= 0.6 is 0 Å². The molecule has 5 rings (SSSR count). The lowest BCUT2D eigenvalue weighted by molar-refractivity contribution is -0.132. The van der Waals surface area contributed by atoms with Gasteiger partial charge in [0, 0.05) is 23.7 Å². The first-order valence-corrected chi connectivity index (χ1v) is 12.4. The highest BCUT2D eigenvalue weighted by molar-refractivity contribution is 6.04. The van der Waals surface area contributed by atoms with Gasteiger partial charge in [-0.05, 0) is 67.9 Å². The topological polar surface area (TPSA) is 73.2 Å². The van der Waals surface area contributed by atoms with Crippen molar-refractivity contribution in [2.45, 2.75) is 20.8 Å². The molecule has 0 aliphatic heterocycles. The molecular formula is C32H26FN3O3. The van der Waals surface area contributed by atoms with Gasteiger partial charge >= 0.3 is 5.97 Å². The van der Waals surface area contributed by atoms with Gasteiger partial charge in [0.2, 0.25) is 5.88 Å². The molecule has 194 valence electrons. The van der Waals surface area contributed by atoms with Gasteiger partial charge in [0.05, 0.1) is 11.3 Å². The second-order valence-corrected chi connectivity index (χ2v) is 9.27. The van der Waals surface area contributed by atoms with Gasteiger partial charge in [0.25, 0.3) is 5.91 Å². The highest BCUT2D eigenvalue weighted by Crippen LogP contribution is 2.41. The molecule has 0 atom stereocenters. The summed E-state index contributed by atoms with van der Waals surface area (Å²) >= 11 is 0. The largest absolute Gasteiger partial charge is 0.407 e. The van der Waals surface area contributed by atoms with Crippen LogP contribution < -0.4 is 10.1 Å². The van der Waals surface area contributed by atoms with E-state index in [9.17, 15) is 14.0 Å². The van der Waals surface area contributed by atoms with E-state index < -0.39 is 11.8 Å². The lowest BCUT2D eigenvalue weighted by Crippen LogP contribution is -2.11. The number of carbonyl (C=O) groups is 2. The summed E-state index contributed by atoms with van der Waals surface area (Å²) in [6.07, 6.45) is 0. The van der Waals surface area contributed by atoms with Crippen LogP contribution in [-0.2, 0) is 4.79 Å². The molecule has 0 saturated carbocycles. The number of hydrogen-bond donors (Lipinski definition) is 1. The van der Waals surface area contributed by atoms with E-state index in [1.807, 2.05) is 74.5 Å². The van der Waals surface area contributed by atoms with Crippen molar-refractivity contribution in [3.8, 4) is 34.0 Å². The van der Waals surface area contributed by atoms with Crippen LogP contribution in [0.25, 0.3) is 28.1 Å². The molecule has 7 heteroatoms. The second kappa shape index (κ2) is 10.8. The number of aryl methyl sites for hydroxylation is 2. The minimum Gasteiger partial charge on any atom is -0.407 e. The number of nitrogens with one attached hydrogen (secondary N) is 1. The van der Waals surface area contributed by atoms with Crippen LogP contribution in [0.3, 0.4) is 0 Å². The number of esters is 1. The minimum absolute atomic E-state index is 0.296. The molecule has 1 amide bonds. The zero-order valence-corrected chi connectivity index (χ0v) is 21.7. The van der Waals surface area contributed by atoms with Crippen molar-refractivity contribution in [2.24, 2.45) is 0 Å². The van der Waals surface area contributed by atoms with E-state index in [4.69, 9.17) is 9.84 Å². The number of halogens is 1. The average Bonchev–Trinajstić information content (AvgIpc) is 3.28. The van der Waals surface area contributed by atoms with Gasteiger partial charge < -0.3 is 10.1 Å². The van der Waals surface area contributed by atoms with Crippen LogP contribution in [0.4, 0.5) is 10.1 Å². The van der Waals surface area contributed by atoms with Crippen molar-refractivity contribution in [3.05, 3.63) is 120 Å². The number of nitrogens with zero attached hydrogens (tertiary/aromatic N) is 2. The Balaban J connectivity index is 1.59. The van der Waals surface area contributed by atoms with E-state index in [2.05, 4.69) is 5.32 Å². The quantitative estimate of drug-likeness (QED) is 0.242. The van der Waals surface area contributed by atoms with Gasteiger partial charge in [-0.3, -0.25) is 9.59 Å². The Morgan fingerprint density at radius 3 is 1.92 bits per heavy atom. The standard InChI is InChI=1S/C32H26FN3O3/c1-20-4-8-24(9-5-20)30-29(32(39-22(3)37)36(35-30)28-18-6-21(2)7-19-28)23-12-16-27(17-13-23)34-31(38)25-10-14-26(33)15-11-25/h4-19H,1-3H3,(H,34,38). The van der Waals surface area contributed by atoms with Crippen LogP contribution in [-0.4, -0.2) is 21.7 Å². The van der Waals surface area contributed by atoms with Crippen molar-refractivity contribution < 1.29 is 18.7 Å². The first kappa shape index (κ1) is 25.6. The van der Waals surface area contributed by atoms with Gasteiger partial charge in [0.15, 0.2) is 0 Å². The monoisotopic (exact) mass is 519 g/mol. The highest BCUT2D eigenvalue weighted by Gasteiger charge is 2.24. The summed E-state index contributed by atoms with van der Waals surface area (Å²) in [6.45, 7) is 5.37. The van der Waals surface area contributed by atoms with E-state index >= 15 is 0 Å². The molecule has 6 nitrogen and oxygen atoms in total. The maximum absolute atomic E-state index is 13.2. The van der Waals surface area contributed by atoms with Gasteiger partial charge in [-0.1, -0.05) is 59.7 Å². The van der Waals surface area contributed by atoms with Crippen molar-refractivity contribution in [1.29, 1.82) is 0 Å². The van der Waals surface area contributed by atoms with Gasteiger partial charge in [-0.15, -0.1) is 0 Å². The molecule has 0 bridgehead atoms. The molecule has 0 radical (unpaired) electrons. The number of aromatic nitrogens is 2. The third kappa shape index (κ3) is 5.62. The Bertz CT molecular complexity index is 1640. The molecule has 39 heavy (non-hydrogen) atoms. The van der Waals surface area contributed by atoms with E-state index in [1.54, 1.807) is 16.8 Å². The lowest BCUT2D eigenvalue weighted by atomic mass is 10.00. The van der Waals surface area contributed by atoms with Crippen LogP contribution in [0.1, 0.15) is 28.4 Å². The number of ether oxygens (including phenoxy) is 1. The van der Waals surface area contributed by atoms with Crippen LogP contribution in [0.15, 0.2) is 97.1 Å². The first-order valence-electron chi connectivity index (χ1n) is 12.4. The van der Waals surface area contributed by atoms with E-state index in [1.165, 1.54) is 31.2 Å². The van der Waals surface area contributed by atoms with Crippen molar-refractivity contribution in [1.82, 2.24) is 9.78 Å². The fourth-order valence-corrected chi connectivity index (χ4v) is 4.19. The summed E-state index contributed by atoms with van der Waals surface area (Å²) in [7, 11) is 0. The van der Waals surface area contributed by atoms with E-state index in [0.29, 0.717) is 28.4 Å². The predicted molar refractivity (Wildman–Crippen MR) is 150 cm³/mol. The third-order valence-electron chi connectivity index (χ3n) is 6.22. The summed E-state index contributed by atoms with van der Waals surface area (Å²) in [6, 6.07) is 28.3. The lowest BCUT2D eigenvalue weighted by Gasteiger charge is -2.11. The normalized spacial score (nSPS) is 10.8. The maximum Gasteiger partial charge on any atom is 0.309 e. The Labute approximate surface area is 225 Å². The van der Waals surface area contributed by atoms with E-state index in [-0.39, 0.29) is 5.91 Å². The summed E-state index contributed by atoms with van der Waals surface area (Å²) in [5.74, 6) is -0.931. The van der Waals surface area contributed by atoms with Gasteiger partial charge in [-0.25, -0.2) is 4.39 Å². The predicted octanol–water partition coefficient (Wildman–Crippen LogP) is 7.14. The van der Waals surface area contributed by atoms with Crippen molar-refractivity contribution >= 4 is 17.6 Å². The third-order valence-corrected chi connectivity index (χ3v) is 6.22. The number of amides is 1. The molecule has 5 aromatic rings. The Kier molecular flexibility index (Phi) is 7.06. The fourth-order valence-electron chi connectivity index (χ4n) is 4.19. The number of anilines is 1. The first-order chi connectivity index (χ1) is 18.8. The molecule has 0 aliphatic rings. The summed E-state index contributed by atoms with van der Waals surface area (Å²) < 4.78 is 20.6. The highest BCUT2D eigenvalue weighted by atomic mass is 19.1. The molecule has 0 fully saturated rings. The Hall–Kier alpha value is -5.04. The second-order valence-electron chi connectivity index (χ2n) is 9.27. The molecular weight excluding hydrogens is 493 g/mol. The number of benzene rings is 4. The van der Waals surface area contributed by atoms with Gasteiger partial charge in [0.1, 0.15) is 11.5 Å². The number of carbonyl (C=O) groups excluding carboxylic acids is 2. The Morgan fingerprint density at radius 1 is 0.769 bits per heavy atom. The van der Waals surface area contributed by atoms with Crippen LogP contribution in [0, 0.1) is 19.7 Å².